The number of primary amides is 1. The minimum atomic E-state index is -0.339. The number of nitrogens with two attached hydrogens (primary N) is 1. The molecule has 2 aromatic heterocycles. The standard InChI is InChI=1S/C12H13N5O/c13-12(18)6-8-5-9(10-7-14-16-15-10)11-3-1-2-4-17(8)11/h1-5,7,14-16H,6H2,(H2,13,18). The molecule has 1 amide bonds. The lowest BCUT2D eigenvalue weighted by atomic mass is 10.2. The Morgan fingerprint density at radius 1 is 1.39 bits per heavy atom. The van der Waals surface area contributed by atoms with Crippen LogP contribution in [0, 0.1) is 0 Å². The van der Waals surface area contributed by atoms with Crippen LogP contribution >= 0.6 is 0 Å². The molecule has 0 aromatic carbocycles. The Morgan fingerprint density at radius 3 is 3.00 bits per heavy atom. The number of pyridine rings is 1. The van der Waals surface area contributed by atoms with E-state index in [1.807, 2.05) is 41.1 Å². The van der Waals surface area contributed by atoms with Gasteiger partial charge >= 0.3 is 0 Å². The highest BCUT2D eigenvalue weighted by molar-refractivity contribution is 5.82. The van der Waals surface area contributed by atoms with Gasteiger partial charge in [0.05, 0.1) is 17.6 Å². The monoisotopic (exact) mass is 243 g/mol. The molecule has 0 saturated heterocycles. The van der Waals surface area contributed by atoms with Gasteiger partial charge in [0.25, 0.3) is 0 Å². The molecule has 0 fully saturated rings. The van der Waals surface area contributed by atoms with Crippen molar-refractivity contribution in [1.82, 2.24) is 20.8 Å². The van der Waals surface area contributed by atoms with Gasteiger partial charge in [-0.1, -0.05) is 6.07 Å². The molecule has 0 unspecified atom stereocenters. The summed E-state index contributed by atoms with van der Waals surface area (Å²) in [6, 6.07) is 7.85. The number of carbonyl (C=O) groups excluding carboxylic acids is 1. The van der Waals surface area contributed by atoms with E-state index in [9.17, 15) is 4.79 Å². The number of hydrazine groups is 2. The maximum absolute atomic E-state index is 11.1. The number of fused-ring (bicyclic) bond motifs is 1. The van der Waals surface area contributed by atoms with Crippen LogP contribution in [0.15, 0.2) is 36.7 Å². The summed E-state index contributed by atoms with van der Waals surface area (Å²) in [6.07, 6.45) is 3.98. The molecule has 3 rings (SSSR count). The van der Waals surface area contributed by atoms with E-state index in [0.29, 0.717) is 0 Å². The number of nitrogens with zero attached hydrogens (tertiary/aromatic N) is 1. The molecular formula is C12H13N5O. The topological polar surface area (TPSA) is 83.6 Å². The smallest absolute Gasteiger partial charge is 0.223 e. The van der Waals surface area contributed by atoms with E-state index in [1.54, 1.807) is 0 Å². The van der Waals surface area contributed by atoms with Crippen LogP contribution in [0.25, 0.3) is 11.2 Å². The summed E-state index contributed by atoms with van der Waals surface area (Å²) in [5.74, 6) is -0.339. The first-order valence-electron chi connectivity index (χ1n) is 5.60. The van der Waals surface area contributed by atoms with Gasteiger partial charge in [-0.25, -0.2) is 0 Å². The second kappa shape index (κ2) is 4.08. The van der Waals surface area contributed by atoms with Gasteiger partial charge < -0.3 is 21.0 Å². The molecule has 2 aromatic rings. The average Bonchev–Trinajstić information content (AvgIpc) is 2.96. The fourth-order valence-electron chi connectivity index (χ4n) is 2.15. The number of rotatable bonds is 3. The van der Waals surface area contributed by atoms with Crippen molar-refractivity contribution in [2.45, 2.75) is 6.42 Å². The minimum Gasteiger partial charge on any atom is -0.369 e. The highest BCUT2D eigenvalue weighted by Crippen LogP contribution is 2.23. The summed E-state index contributed by atoms with van der Waals surface area (Å²) in [5, 5.41) is 0. The van der Waals surface area contributed by atoms with E-state index in [1.165, 1.54) is 0 Å². The Morgan fingerprint density at radius 2 is 2.28 bits per heavy atom. The molecular weight excluding hydrogens is 230 g/mol. The molecule has 0 saturated carbocycles. The zero-order valence-electron chi connectivity index (χ0n) is 9.60. The third-order valence-electron chi connectivity index (χ3n) is 2.89. The maximum atomic E-state index is 11.1. The predicted molar refractivity (Wildman–Crippen MR) is 67.7 cm³/mol. The Hall–Kier alpha value is -2.47. The first kappa shape index (κ1) is 10.7. The summed E-state index contributed by atoms with van der Waals surface area (Å²) in [4.78, 5) is 11.1. The van der Waals surface area contributed by atoms with Crippen molar-refractivity contribution >= 4 is 17.1 Å². The fraction of sp³-hybridized carbons (Fsp3) is 0.0833. The molecule has 5 N–H and O–H groups in total. The second-order valence-electron chi connectivity index (χ2n) is 4.10. The number of hydrogen-bond acceptors (Lipinski definition) is 4. The SMILES string of the molecule is NC(=O)Cc1cc(C2=CNNN2)c2ccccn12. The van der Waals surface area contributed by atoms with Gasteiger partial charge in [-0.2, -0.15) is 5.53 Å². The third-order valence-corrected chi connectivity index (χ3v) is 2.89. The van der Waals surface area contributed by atoms with Crippen molar-refractivity contribution in [2.75, 3.05) is 0 Å². The summed E-state index contributed by atoms with van der Waals surface area (Å²) in [7, 11) is 0. The first-order valence-corrected chi connectivity index (χ1v) is 5.60. The highest BCUT2D eigenvalue weighted by atomic mass is 16.1. The molecule has 6 heteroatoms. The Kier molecular flexibility index (Phi) is 2.42. The predicted octanol–water partition coefficient (Wildman–Crippen LogP) is -0.122. The lowest BCUT2D eigenvalue weighted by Crippen LogP contribution is -2.31. The normalized spacial score (nSPS) is 14.1. The zero-order chi connectivity index (χ0) is 12.5. The van der Waals surface area contributed by atoms with Crippen molar-refractivity contribution in [3.8, 4) is 0 Å². The number of amides is 1. The highest BCUT2D eigenvalue weighted by Gasteiger charge is 2.15. The van der Waals surface area contributed by atoms with Crippen molar-refractivity contribution in [2.24, 2.45) is 5.73 Å². The van der Waals surface area contributed by atoms with Gasteiger partial charge in [0, 0.05) is 23.7 Å². The molecule has 0 radical (unpaired) electrons. The van der Waals surface area contributed by atoms with Gasteiger partial charge in [-0.05, 0) is 18.2 Å². The van der Waals surface area contributed by atoms with Crippen LogP contribution in [-0.4, -0.2) is 10.3 Å². The van der Waals surface area contributed by atoms with Gasteiger partial charge in [0.15, 0.2) is 0 Å². The quantitative estimate of drug-likeness (QED) is 0.605. The molecule has 3 heterocycles. The van der Waals surface area contributed by atoms with Crippen LogP contribution in [0.3, 0.4) is 0 Å². The average molecular weight is 243 g/mol. The van der Waals surface area contributed by atoms with E-state index >= 15 is 0 Å². The molecule has 6 nitrogen and oxygen atoms in total. The fourth-order valence-corrected chi connectivity index (χ4v) is 2.15. The van der Waals surface area contributed by atoms with E-state index in [2.05, 4.69) is 16.4 Å². The lowest BCUT2D eigenvalue weighted by Gasteiger charge is -2.01. The summed E-state index contributed by atoms with van der Waals surface area (Å²) >= 11 is 0. The molecule has 18 heavy (non-hydrogen) atoms. The first-order chi connectivity index (χ1) is 8.75. The van der Waals surface area contributed by atoms with Crippen LogP contribution in [0.2, 0.25) is 0 Å². The molecule has 0 spiro atoms. The molecule has 1 aliphatic rings. The molecule has 0 atom stereocenters. The largest absolute Gasteiger partial charge is 0.369 e. The molecule has 1 aliphatic heterocycles. The Bertz CT molecular complexity index is 643. The van der Waals surface area contributed by atoms with Crippen LogP contribution in [0.1, 0.15) is 11.3 Å². The van der Waals surface area contributed by atoms with Gasteiger partial charge in [-0.15, -0.1) is 0 Å². The third kappa shape index (κ3) is 1.68. The molecule has 0 bridgehead atoms. The van der Waals surface area contributed by atoms with Gasteiger partial charge in [0.1, 0.15) is 0 Å². The number of nitrogens with one attached hydrogen (secondary N) is 3. The zero-order valence-corrected chi connectivity index (χ0v) is 9.60. The maximum Gasteiger partial charge on any atom is 0.223 e. The Labute approximate surface area is 103 Å². The van der Waals surface area contributed by atoms with E-state index in [0.717, 1.165) is 22.5 Å². The van der Waals surface area contributed by atoms with E-state index < -0.39 is 0 Å². The van der Waals surface area contributed by atoms with Gasteiger partial charge in [0.2, 0.25) is 5.91 Å². The van der Waals surface area contributed by atoms with E-state index in [-0.39, 0.29) is 12.3 Å². The lowest BCUT2D eigenvalue weighted by molar-refractivity contribution is -0.117. The summed E-state index contributed by atoms with van der Waals surface area (Å²) in [5.41, 5.74) is 17.8. The number of aromatic nitrogens is 1. The van der Waals surface area contributed by atoms with Gasteiger partial charge in [-0.3, -0.25) is 4.79 Å². The number of hydrogen-bond donors (Lipinski definition) is 4. The molecule has 92 valence electrons. The van der Waals surface area contributed by atoms with Crippen LogP contribution in [0.4, 0.5) is 0 Å². The van der Waals surface area contributed by atoms with Crippen LogP contribution in [0.5, 0.6) is 0 Å². The summed E-state index contributed by atoms with van der Waals surface area (Å²) in [6.45, 7) is 0. The summed E-state index contributed by atoms with van der Waals surface area (Å²) < 4.78 is 1.97. The second-order valence-corrected chi connectivity index (χ2v) is 4.10. The van der Waals surface area contributed by atoms with Crippen molar-refractivity contribution in [3.05, 3.63) is 47.9 Å². The van der Waals surface area contributed by atoms with Crippen molar-refractivity contribution in [3.63, 3.8) is 0 Å². The van der Waals surface area contributed by atoms with Crippen molar-refractivity contribution in [1.29, 1.82) is 0 Å². The Balaban J connectivity index is 2.17. The van der Waals surface area contributed by atoms with Crippen LogP contribution < -0.4 is 22.1 Å². The minimum absolute atomic E-state index is 0.222. The number of carbonyl (C=O) groups is 1. The van der Waals surface area contributed by atoms with Crippen LogP contribution in [-0.2, 0) is 11.2 Å². The molecule has 0 aliphatic carbocycles. The van der Waals surface area contributed by atoms with Crippen molar-refractivity contribution < 1.29 is 4.79 Å². The van der Waals surface area contributed by atoms with E-state index in [4.69, 9.17) is 5.73 Å².